The molecular weight excluding hydrogens is 254 g/mol. The highest BCUT2D eigenvalue weighted by atomic mass is 16.1. The maximum absolute atomic E-state index is 12.0. The third kappa shape index (κ3) is 2.54. The average molecular weight is 265 g/mol. The molecule has 0 aliphatic heterocycles. The van der Waals surface area contributed by atoms with Crippen LogP contribution in [0.1, 0.15) is 10.4 Å². The summed E-state index contributed by atoms with van der Waals surface area (Å²) >= 11 is 0. The number of rotatable bonds is 3. The molecule has 0 aromatic carbocycles. The van der Waals surface area contributed by atoms with Gasteiger partial charge in [-0.05, 0) is 24.3 Å². The van der Waals surface area contributed by atoms with E-state index in [1.54, 1.807) is 59.9 Å². The molecule has 0 aliphatic rings. The van der Waals surface area contributed by atoms with Crippen molar-refractivity contribution in [3.8, 4) is 5.82 Å². The molecule has 20 heavy (non-hydrogen) atoms. The largest absolute Gasteiger partial charge is 0.321 e. The highest BCUT2D eigenvalue weighted by molar-refractivity contribution is 6.03. The van der Waals surface area contributed by atoms with Crippen LogP contribution >= 0.6 is 0 Å². The van der Waals surface area contributed by atoms with Crippen LogP contribution in [0.5, 0.6) is 0 Å². The van der Waals surface area contributed by atoms with Crippen LogP contribution in [0.25, 0.3) is 5.82 Å². The summed E-state index contributed by atoms with van der Waals surface area (Å²) in [5.74, 6) is 0.489. The Morgan fingerprint density at radius 3 is 2.70 bits per heavy atom. The lowest BCUT2D eigenvalue weighted by atomic mass is 10.2. The van der Waals surface area contributed by atoms with Crippen LogP contribution in [-0.2, 0) is 0 Å². The molecule has 0 atom stereocenters. The van der Waals surface area contributed by atoms with Crippen LogP contribution in [0.2, 0.25) is 0 Å². The summed E-state index contributed by atoms with van der Waals surface area (Å²) < 4.78 is 1.77. The van der Waals surface area contributed by atoms with E-state index in [0.29, 0.717) is 17.1 Å². The van der Waals surface area contributed by atoms with E-state index < -0.39 is 0 Å². The summed E-state index contributed by atoms with van der Waals surface area (Å²) in [5, 5.41) is 2.75. The van der Waals surface area contributed by atoms with Gasteiger partial charge in [0.15, 0.2) is 0 Å². The second kappa shape index (κ2) is 5.31. The summed E-state index contributed by atoms with van der Waals surface area (Å²) in [6.07, 6.45) is 9.88. The zero-order chi connectivity index (χ0) is 13.8. The first-order valence-corrected chi connectivity index (χ1v) is 5.99. The van der Waals surface area contributed by atoms with Crippen LogP contribution in [0.15, 0.2) is 61.6 Å². The van der Waals surface area contributed by atoms with Crippen molar-refractivity contribution in [3.63, 3.8) is 0 Å². The molecule has 0 saturated carbocycles. The van der Waals surface area contributed by atoms with Gasteiger partial charge in [0.2, 0.25) is 0 Å². The van der Waals surface area contributed by atoms with Crippen molar-refractivity contribution in [2.45, 2.75) is 0 Å². The van der Waals surface area contributed by atoms with Gasteiger partial charge < -0.3 is 5.32 Å². The smallest absolute Gasteiger partial charge is 0.257 e. The second-order valence-electron chi connectivity index (χ2n) is 4.07. The molecule has 1 amide bonds. The Morgan fingerprint density at radius 1 is 1.10 bits per heavy atom. The molecule has 3 aromatic heterocycles. The molecule has 0 spiro atoms. The fraction of sp³-hybridized carbons (Fsp3) is 0. The molecule has 6 nitrogen and oxygen atoms in total. The molecule has 98 valence electrons. The second-order valence-corrected chi connectivity index (χ2v) is 4.07. The Kier molecular flexibility index (Phi) is 3.20. The topological polar surface area (TPSA) is 72.7 Å². The van der Waals surface area contributed by atoms with Crippen molar-refractivity contribution in [2.24, 2.45) is 0 Å². The van der Waals surface area contributed by atoms with Crippen LogP contribution in [0, 0.1) is 0 Å². The predicted octanol–water partition coefficient (Wildman–Crippen LogP) is 1.91. The molecule has 0 saturated heterocycles. The highest BCUT2D eigenvalue weighted by Crippen LogP contribution is 2.09. The third-order valence-electron chi connectivity index (χ3n) is 2.70. The van der Waals surface area contributed by atoms with Gasteiger partial charge in [-0.3, -0.25) is 14.3 Å². The number of aromatic nitrogens is 4. The van der Waals surface area contributed by atoms with Crippen LogP contribution in [0.4, 0.5) is 5.69 Å². The van der Waals surface area contributed by atoms with Gasteiger partial charge in [0, 0.05) is 24.8 Å². The molecule has 0 unspecified atom stereocenters. The van der Waals surface area contributed by atoms with Gasteiger partial charge in [-0.15, -0.1) is 0 Å². The van der Waals surface area contributed by atoms with Crippen LogP contribution in [-0.4, -0.2) is 25.4 Å². The zero-order valence-electron chi connectivity index (χ0n) is 10.5. The lowest BCUT2D eigenvalue weighted by molar-refractivity contribution is 0.102. The van der Waals surface area contributed by atoms with Gasteiger partial charge in [0.05, 0.1) is 17.4 Å². The normalized spacial score (nSPS) is 10.2. The minimum absolute atomic E-state index is 0.220. The molecule has 0 fully saturated rings. The molecule has 1 N–H and O–H groups in total. The number of hydrogen-bond donors (Lipinski definition) is 1. The summed E-state index contributed by atoms with van der Waals surface area (Å²) in [5.41, 5.74) is 1.13. The fourth-order valence-corrected chi connectivity index (χ4v) is 1.71. The van der Waals surface area contributed by atoms with E-state index in [2.05, 4.69) is 20.3 Å². The first kappa shape index (κ1) is 12.0. The van der Waals surface area contributed by atoms with Crippen LogP contribution < -0.4 is 5.32 Å². The molecule has 0 aliphatic carbocycles. The van der Waals surface area contributed by atoms with E-state index in [-0.39, 0.29) is 5.91 Å². The lowest BCUT2D eigenvalue weighted by Crippen LogP contribution is -2.12. The number of nitrogens with zero attached hydrogens (tertiary/aromatic N) is 4. The fourth-order valence-electron chi connectivity index (χ4n) is 1.71. The van der Waals surface area contributed by atoms with Gasteiger partial charge in [-0.2, -0.15) is 0 Å². The van der Waals surface area contributed by atoms with Gasteiger partial charge >= 0.3 is 0 Å². The summed E-state index contributed by atoms with van der Waals surface area (Å²) in [4.78, 5) is 24.1. The van der Waals surface area contributed by atoms with Gasteiger partial charge in [-0.25, -0.2) is 9.97 Å². The van der Waals surface area contributed by atoms with E-state index in [9.17, 15) is 4.79 Å². The number of imidazole rings is 1. The van der Waals surface area contributed by atoms with Gasteiger partial charge in [0.1, 0.15) is 12.1 Å². The number of hydrogen-bond acceptors (Lipinski definition) is 4. The van der Waals surface area contributed by atoms with E-state index in [1.807, 2.05) is 0 Å². The SMILES string of the molecule is O=C(Nc1cccnc1)c1ccc(-n2ccnc2)nc1. The van der Waals surface area contributed by atoms with Crippen molar-refractivity contribution >= 4 is 11.6 Å². The monoisotopic (exact) mass is 265 g/mol. The maximum Gasteiger partial charge on any atom is 0.257 e. The molecule has 0 radical (unpaired) electrons. The number of pyridine rings is 2. The number of nitrogens with one attached hydrogen (secondary N) is 1. The van der Waals surface area contributed by atoms with E-state index >= 15 is 0 Å². The predicted molar refractivity (Wildman–Crippen MR) is 73.5 cm³/mol. The number of carbonyl (C=O) groups excluding carboxylic acids is 1. The van der Waals surface area contributed by atoms with E-state index in [4.69, 9.17) is 0 Å². The quantitative estimate of drug-likeness (QED) is 0.785. The summed E-state index contributed by atoms with van der Waals surface area (Å²) in [7, 11) is 0. The van der Waals surface area contributed by atoms with Gasteiger partial charge in [-0.1, -0.05) is 0 Å². The summed E-state index contributed by atoms with van der Waals surface area (Å²) in [6.45, 7) is 0. The van der Waals surface area contributed by atoms with Crippen molar-refractivity contribution in [1.29, 1.82) is 0 Å². The van der Waals surface area contributed by atoms with Gasteiger partial charge in [0.25, 0.3) is 5.91 Å². The van der Waals surface area contributed by atoms with Crippen molar-refractivity contribution in [3.05, 3.63) is 67.1 Å². The van der Waals surface area contributed by atoms with Crippen molar-refractivity contribution in [1.82, 2.24) is 19.5 Å². The van der Waals surface area contributed by atoms with E-state index in [1.165, 1.54) is 6.20 Å². The molecule has 0 bridgehead atoms. The molecule has 3 rings (SSSR count). The number of carbonyl (C=O) groups is 1. The lowest BCUT2D eigenvalue weighted by Gasteiger charge is -2.05. The Bertz CT molecular complexity index is 692. The Hall–Kier alpha value is -3.02. The molecule has 3 aromatic rings. The van der Waals surface area contributed by atoms with Crippen molar-refractivity contribution in [2.75, 3.05) is 5.32 Å². The summed E-state index contributed by atoms with van der Waals surface area (Å²) in [6, 6.07) is 7.02. The zero-order valence-corrected chi connectivity index (χ0v) is 10.5. The highest BCUT2D eigenvalue weighted by Gasteiger charge is 2.07. The Morgan fingerprint density at radius 2 is 2.05 bits per heavy atom. The Balaban J connectivity index is 1.76. The number of amides is 1. The molecule has 6 heteroatoms. The standard InChI is InChI=1S/C14H11N5O/c20-14(18-12-2-1-5-15-9-12)11-3-4-13(17-8-11)19-7-6-16-10-19/h1-10H,(H,18,20). The molecule has 3 heterocycles. The number of anilines is 1. The Labute approximate surface area is 115 Å². The molecular formula is C14H11N5O. The first-order valence-electron chi connectivity index (χ1n) is 5.99. The average Bonchev–Trinajstić information content (AvgIpc) is 3.03. The maximum atomic E-state index is 12.0. The first-order chi connectivity index (χ1) is 9.83. The van der Waals surface area contributed by atoms with Crippen LogP contribution in [0.3, 0.4) is 0 Å². The minimum Gasteiger partial charge on any atom is -0.321 e. The minimum atomic E-state index is -0.220. The van der Waals surface area contributed by atoms with Crippen molar-refractivity contribution < 1.29 is 4.79 Å². The van der Waals surface area contributed by atoms with E-state index in [0.717, 1.165) is 0 Å². The third-order valence-corrected chi connectivity index (χ3v) is 2.70.